The van der Waals surface area contributed by atoms with E-state index < -0.39 is 0 Å². The van der Waals surface area contributed by atoms with Crippen LogP contribution in [0.1, 0.15) is 35.6 Å². The first kappa shape index (κ1) is 17.7. The van der Waals surface area contributed by atoms with Gasteiger partial charge >= 0.3 is 0 Å². The highest BCUT2D eigenvalue weighted by atomic mass is 35.5. The van der Waals surface area contributed by atoms with Gasteiger partial charge in [-0.3, -0.25) is 4.98 Å². The van der Waals surface area contributed by atoms with Gasteiger partial charge in [-0.15, -0.1) is 11.3 Å². The van der Waals surface area contributed by atoms with E-state index in [2.05, 4.69) is 27.4 Å². The zero-order valence-corrected chi connectivity index (χ0v) is 16.1. The summed E-state index contributed by atoms with van der Waals surface area (Å²) in [5.74, 6) is 0.0752. The second kappa shape index (κ2) is 7.51. The summed E-state index contributed by atoms with van der Waals surface area (Å²) < 4.78 is 14.8. The highest BCUT2D eigenvalue weighted by molar-refractivity contribution is 7.20. The smallest absolute Gasteiger partial charge is 0.146 e. The number of allylic oxidation sites excluding steroid dienone is 2. The van der Waals surface area contributed by atoms with Gasteiger partial charge in [0.25, 0.3) is 0 Å². The first-order valence-corrected chi connectivity index (χ1v) is 9.96. The van der Waals surface area contributed by atoms with E-state index in [4.69, 9.17) is 23.2 Å². The first-order chi connectivity index (χ1) is 12.6. The Bertz CT molecular complexity index is 986. The average molecular weight is 408 g/mol. The largest absolute Gasteiger partial charge is 0.380 e. The quantitative estimate of drug-likeness (QED) is 0.392. The van der Waals surface area contributed by atoms with Crippen molar-refractivity contribution in [2.75, 3.05) is 5.32 Å². The highest BCUT2D eigenvalue weighted by Gasteiger charge is 2.22. The molecule has 134 valence electrons. The van der Waals surface area contributed by atoms with Crippen molar-refractivity contribution in [3.8, 4) is 0 Å². The maximum absolute atomic E-state index is 13.8. The lowest BCUT2D eigenvalue weighted by molar-refractivity contribution is 0.606. The Balaban J connectivity index is 1.70. The van der Waals surface area contributed by atoms with E-state index in [-0.39, 0.29) is 5.82 Å². The molecule has 0 saturated heterocycles. The van der Waals surface area contributed by atoms with E-state index in [0.29, 0.717) is 33.7 Å². The Labute approximate surface area is 164 Å². The van der Waals surface area contributed by atoms with Crippen LogP contribution in [0, 0.1) is 5.82 Å². The summed E-state index contributed by atoms with van der Waals surface area (Å²) in [6.07, 6.45) is 10.3. The second-order valence-corrected chi connectivity index (χ2v) is 8.07. The number of pyridine rings is 2. The summed E-state index contributed by atoms with van der Waals surface area (Å²) >= 11 is 14.5. The third-order valence-corrected chi connectivity index (χ3v) is 6.61. The molecule has 7 heteroatoms. The van der Waals surface area contributed by atoms with Gasteiger partial charge in [0, 0.05) is 29.2 Å². The third-order valence-electron chi connectivity index (χ3n) is 4.54. The van der Waals surface area contributed by atoms with Crippen molar-refractivity contribution in [1.29, 1.82) is 0 Å². The number of nitrogens with one attached hydrogen (secondary N) is 1. The summed E-state index contributed by atoms with van der Waals surface area (Å²) in [6.45, 7) is 0.334. The molecule has 3 heterocycles. The molecule has 3 aromatic rings. The van der Waals surface area contributed by atoms with Crippen LogP contribution in [0.4, 0.5) is 10.1 Å². The zero-order chi connectivity index (χ0) is 18.1. The summed E-state index contributed by atoms with van der Waals surface area (Å²) in [5.41, 5.74) is 2.08. The number of thiophene rings is 1. The Morgan fingerprint density at radius 2 is 2.19 bits per heavy atom. The highest BCUT2D eigenvalue weighted by Crippen LogP contribution is 2.45. The van der Waals surface area contributed by atoms with E-state index in [9.17, 15) is 4.39 Å². The number of fused-ring (bicyclic) bond motifs is 1. The van der Waals surface area contributed by atoms with Crippen molar-refractivity contribution < 1.29 is 4.39 Å². The minimum Gasteiger partial charge on any atom is -0.380 e. The lowest BCUT2D eigenvalue weighted by Gasteiger charge is -2.16. The monoisotopic (exact) mass is 407 g/mol. The van der Waals surface area contributed by atoms with Crippen molar-refractivity contribution in [1.82, 2.24) is 9.97 Å². The van der Waals surface area contributed by atoms with Crippen LogP contribution in [-0.4, -0.2) is 9.97 Å². The molecule has 1 aliphatic carbocycles. The molecule has 1 unspecified atom stereocenters. The maximum Gasteiger partial charge on any atom is 0.146 e. The Kier molecular flexibility index (Phi) is 5.11. The second-order valence-electron chi connectivity index (χ2n) is 6.25. The summed E-state index contributed by atoms with van der Waals surface area (Å²) in [6, 6.07) is 3.42. The molecular formula is C19H16Cl2FN3S. The molecule has 3 nitrogen and oxygen atoms in total. The van der Waals surface area contributed by atoms with Crippen LogP contribution in [0.5, 0.6) is 0 Å². The number of hydrogen-bond acceptors (Lipinski definition) is 4. The predicted molar refractivity (Wildman–Crippen MR) is 107 cm³/mol. The fraction of sp³-hybridized carbons (Fsp3) is 0.263. The van der Waals surface area contributed by atoms with Gasteiger partial charge < -0.3 is 5.32 Å². The number of aromatic nitrogens is 2. The van der Waals surface area contributed by atoms with E-state index >= 15 is 0 Å². The van der Waals surface area contributed by atoms with Gasteiger partial charge in [0.05, 0.1) is 21.6 Å². The molecule has 0 bridgehead atoms. The normalized spacial score (nSPS) is 17.0. The topological polar surface area (TPSA) is 37.8 Å². The molecule has 1 atom stereocenters. The standard InChI is InChI=1S/C19H16Cl2FN3S/c20-15-8-14(24-9-12-6-7-23-10-13(12)22)19-17(25-15)16(21)18(26-19)11-4-2-1-3-5-11/h1-2,6-8,10-11H,3-5,9H2,(H,24,25). The molecule has 3 aromatic heterocycles. The molecule has 0 amide bonds. The molecular weight excluding hydrogens is 392 g/mol. The average Bonchev–Trinajstić information content (AvgIpc) is 2.98. The Morgan fingerprint density at radius 1 is 1.31 bits per heavy atom. The van der Waals surface area contributed by atoms with Crippen molar-refractivity contribution in [3.05, 3.63) is 63.1 Å². The fourth-order valence-electron chi connectivity index (χ4n) is 3.19. The van der Waals surface area contributed by atoms with Gasteiger partial charge in [-0.1, -0.05) is 35.4 Å². The number of anilines is 1. The molecule has 4 rings (SSSR count). The Morgan fingerprint density at radius 3 is 2.96 bits per heavy atom. The lowest BCUT2D eigenvalue weighted by atomic mass is 9.93. The molecule has 26 heavy (non-hydrogen) atoms. The van der Waals surface area contributed by atoms with E-state index in [1.54, 1.807) is 29.7 Å². The SMILES string of the molecule is Fc1cnccc1CNc1cc(Cl)nc2c(Cl)c(C3CC=CCC3)sc12. The van der Waals surface area contributed by atoms with Crippen molar-refractivity contribution in [2.24, 2.45) is 0 Å². The predicted octanol–water partition coefficient (Wildman–Crippen LogP) is 6.57. The van der Waals surface area contributed by atoms with Gasteiger partial charge in [-0.2, -0.15) is 0 Å². The molecule has 0 saturated carbocycles. The van der Waals surface area contributed by atoms with Gasteiger partial charge in [-0.25, -0.2) is 9.37 Å². The van der Waals surface area contributed by atoms with Crippen LogP contribution >= 0.6 is 34.5 Å². The Hall–Kier alpha value is -1.69. The summed E-state index contributed by atoms with van der Waals surface area (Å²) in [4.78, 5) is 9.35. The number of hydrogen-bond donors (Lipinski definition) is 1. The van der Waals surface area contributed by atoms with E-state index in [1.807, 2.05) is 0 Å². The minimum atomic E-state index is -0.338. The fourth-order valence-corrected chi connectivity index (χ4v) is 5.12. The number of nitrogens with zero attached hydrogens (tertiary/aromatic N) is 2. The maximum atomic E-state index is 13.8. The molecule has 0 fully saturated rings. The molecule has 0 aliphatic heterocycles. The number of halogens is 3. The van der Waals surface area contributed by atoms with Crippen molar-refractivity contribution in [2.45, 2.75) is 31.7 Å². The molecule has 0 aromatic carbocycles. The minimum absolute atomic E-state index is 0.334. The molecule has 0 spiro atoms. The van der Waals surface area contributed by atoms with Crippen LogP contribution in [0.25, 0.3) is 10.2 Å². The van der Waals surface area contributed by atoms with Crippen LogP contribution in [0.3, 0.4) is 0 Å². The van der Waals surface area contributed by atoms with Gasteiger partial charge in [0.2, 0.25) is 0 Å². The van der Waals surface area contributed by atoms with Crippen molar-refractivity contribution in [3.63, 3.8) is 0 Å². The van der Waals surface area contributed by atoms with Gasteiger partial charge in [-0.05, 0) is 31.2 Å². The molecule has 1 N–H and O–H groups in total. The third kappa shape index (κ3) is 3.43. The first-order valence-electron chi connectivity index (χ1n) is 8.39. The van der Waals surface area contributed by atoms with Crippen LogP contribution < -0.4 is 5.32 Å². The lowest BCUT2D eigenvalue weighted by Crippen LogP contribution is -2.02. The van der Waals surface area contributed by atoms with Crippen LogP contribution in [-0.2, 0) is 6.54 Å². The molecule has 1 aliphatic rings. The molecule has 0 radical (unpaired) electrons. The van der Waals surface area contributed by atoms with Crippen molar-refractivity contribution >= 4 is 50.4 Å². The number of rotatable bonds is 4. The van der Waals surface area contributed by atoms with E-state index in [0.717, 1.165) is 34.5 Å². The van der Waals surface area contributed by atoms with E-state index in [1.165, 1.54) is 6.20 Å². The van der Waals surface area contributed by atoms with Crippen LogP contribution in [0.15, 0.2) is 36.7 Å². The summed E-state index contributed by atoms with van der Waals surface area (Å²) in [7, 11) is 0. The van der Waals surface area contributed by atoms with Crippen LogP contribution in [0.2, 0.25) is 10.2 Å². The van der Waals surface area contributed by atoms with Gasteiger partial charge in [0.1, 0.15) is 16.5 Å². The van der Waals surface area contributed by atoms with Gasteiger partial charge in [0.15, 0.2) is 0 Å². The zero-order valence-electron chi connectivity index (χ0n) is 13.8. The summed E-state index contributed by atoms with van der Waals surface area (Å²) in [5, 5.41) is 4.33.